The molecule has 0 bridgehead atoms. The highest BCUT2D eigenvalue weighted by Gasteiger charge is 2.29. The molecule has 0 saturated heterocycles. The maximum atomic E-state index is 11.5. The van der Waals surface area contributed by atoms with Crippen molar-refractivity contribution < 1.29 is 17.9 Å². The molecule has 0 aliphatic carbocycles. The average molecular weight is 261 g/mol. The summed E-state index contributed by atoms with van der Waals surface area (Å²) in [5.41, 5.74) is 0.00797. The Morgan fingerprint density at radius 1 is 1.53 bits per heavy atom. The first-order valence-electron chi connectivity index (χ1n) is 5.07. The van der Waals surface area contributed by atoms with E-state index < -0.39 is 16.0 Å². The van der Waals surface area contributed by atoms with Gasteiger partial charge in [-0.1, -0.05) is 13.8 Å². The van der Waals surface area contributed by atoms with E-state index in [0.717, 1.165) is 0 Å². The number of hydrogen-bond acceptors (Lipinski definition) is 5. The predicted molar refractivity (Wildman–Crippen MR) is 60.0 cm³/mol. The third kappa shape index (κ3) is 2.83. The molecule has 0 fully saturated rings. The van der Waals surface area contributed by atoms with E-state index >= 15 is 0 Å². The Hall–Kier alpha value is -1.41. The number of esters is 1. The van der Waals surface area contributed by atoms with Gasteiger partial charge in [0, 0.05) is 0 Å². The second-order valence-corrected chi connectivity index (χ2v) is 5.23. The van der Waals surface area contributed by atoms with E-state index in [1.165, 1.54) is 0 Å². The van der Waals surface area contributed by atoms with Gasteiger partial charge in [0.25, 0.3) is 0 Å². The number of nitrogens with zero attached hydrogens (tertiary/aromatic N) is 1. The second kappa shape index (κ2) is 4.84. The Bertz CT molecular complexity index is 518. The second-order valence-electron chi connectivity index (χ2n) is 3.74. The van der Waals surface area contributed by atoms with Gasteiger partial charge >= 0.3 is 5.97 Å². The van der Waals surface area contributed by atoms with Crippen LogP contribution in [-0.2, 0) is 14.8 Å². The number of primary sulfonamides is 1. The van der Waals surface area contributed by atoms with Crippen LogP contribution in [0.1, 0.15) is 42.9 Å². The van der Waals surface area contributed by atoms with Crippen LogP contribution in [-0.4, -0.2) is 31.2 Å². The Kier molecular flexibility index (Phi) is 3.89. The van der Waals surface area contributed by atoms with Crippen molar-refractivity contribution in [3.05, 3.63) is 11.4 Å². The summed E-state index contributed by atoms with van der Waals surface area (Å²) in [4.78, 5) is 11.2. The van der Waals surface area contributed by atoms with Crippen LogP contribution in [0.3, 0.4) is 0 Å². The number of hydrogen-bond donors (Lipinski definition) is 2. The maximum absolute atomic E-state index is 11.5. The molecule has 1 aromatic rings. The first-order valence-corrected chi connectivity index (χ1v) is 6.61. The van der Waals surface area contributed by atoms with Crippen molar-refractivity contribution in [3.63, 3.8) is 0 Å². The number of nitrogens with one attached hydrogen (secondary N) is 1. The highest BCUT2D eigenvalue weighted by Crippen LogP contribution is 2.24. The highest BCUT2D eigenvalue weighted by atomic mass is 32.2. The SMILES string of the molecule is CCOC(=O)c1n[nH]c(C(C)C)c1S(N)(=O)=O. The minimum Gasteiger partial charge on any atom is -0.461 e. The van der Waals surface area contributed by atoms with E-state index in [9.17, 15) is 13.2 Å². The topological polar surface area (TPSA) is 115 Å². The molecule has 0 aromatic carbocycles. The number of aromatic nitrogens is 2. The van der Waals surface area contributed by atoms with E-state index in [0.29, 0.717) is 5.69 Å². The number of sulfonamides is 1. The molecule has 0 unspecified atom stereocenters. The zero-order valence-electron chi connectivity index (χ0n) is 9.85. The Morgan fingerprint density at radius 2 is 2.12 bits per heavy atom. The van der Waals surface area contributed by atoms with Crippen LogP contribution in [0.25, 0.3) is 0 Å². The predicted octanol–water partition coefficient (Wildman–Crippen LogP) is 0.357. The molecule has 1 aromatic heterocycles. The molecule has 8 heteroatoms. The van der Waals surface area contributed by atoms with Crippen molar-refractivity contribution in [3.8, 4) is 0 Å². The summed E-state index contributed by atoms with van der Waals surface area (Å²) >= 11 is 0. The highest BCUT2D eigenvalue weighted by molar-refractivity contribution is 7.89. The van der Waals surface area contributed by atoms with Crippen LogP contribution >= 0.6 is 0 Å². The number of carbonyl (C=O) groups is 1. The molecule has 0 saturated carbocycles. The fraction of sp³-hybridized carbons (Fsp3) is 0.556. The molecule has 0 aliphatic heterocycles. The van der Waals surface area contributed by atoms with Gasteiger partial charge in [-0.2, -0.15) is 5.10 Å². The van der Waals surface area contributed by atoms with Gasteiger partial charge in [-0.15, -0.1) is 0 Å². The van der Waals surface area contributed by atoms with Gasteiger partial charge in [-0.3, -0.25) is 5.10 Å². The van der Waals surface area contributed by atoms with E-state index in [4.69, 9.17) is 9.88 Å². The summed E-state index contributed by atoms with van der Waals surface area (Å²) in [6, 6.07) is 0. The summed E-state index contributed by atoms with van der Waals surface area (Å²) in [6.07, 6.45) is 0. The van der Waals surface area contributed by atoms with E-state index in [2.05, 4.69) is 10.2 Å². The maximum Gasteiger partial charge on any atom is 0.360 e. The van der Waals surface area contributed by atoms with Gasteiger partial charge in [0.2, 0.25) is 10.0 Å². The first-order chi connectivity index (χ1) is 7.79. The van der Waals surface area contributed by atoms with Gasteiger partial charge in [-0.05, 0) is 12.8 Å². The van der Waals surface area contributed by atoms with Gasteiger partial charge in [-0.25, -0.2) is 18.4 Å². The number of carbonyl (C=O) groups excluding carboxylic acids is 1. The number of aromatic amines is 1. The fourth-order valence-electron chi connectivity index (χ4n) is 1.36. The molecular formula is C9H15N3O4S. The summed E-state index contributed by atoms with van der Waals surface area (Å²) in [5, 5.41) is 11.3. The number of nitrogens with two attached hydrogens (primary N) is 1. The zero-order chi connectivity index (χ0) is 13.2. The van der Waals surface area contributed by atoms with Gasteiger partial charge < -0.3 is 4.74 Å². The number of rotatable bonds is 4. The standard InChI is InChI=1S/C9H15N3O4S/c1-4-16-9(13)7-8(17(10,14)15)6(5(2)3)11-12-7/h5H,4H2,1-3H3,(H,11,12)(H2,10,14,15). The average Bonchev–Trinajstić information content (AvgIpc) is 2.61. The first kappa shape index (κ1) is 13.7. The summed E-state index contributed by atoms with van der Waals surface area (Å²) in [5.74, 6) is -0.960. The summed E-state index contributed by atoms with van der Waals surface area (Å²) in [7, 11) is -4.02. The molecule has 0 spiro atoms. The van der Waals surface area contributed by atoms with Crippen molar-refractivity contribution in [1.82, 2.24) is 10.2 Å². The molecule has 0 atom stereocenters. The van der Waals surface area contributed by atoms with Crippen molar-refractivity contribution >= 4 is 16.0 Å². The van der Waals surface area contributed by atoms with Crippen LogP contribution in [0.5, 0.6) is 0 Å². The molecular weight excluding hydrogens is 246 g/mol. The van der Waals surface area contributed by atoms with Crippen molar-refractivity contribution in [2.24, 2.45) is 5.14 Å². The quantitative estimate of drug-likeness (QED) is 0.759. The lowest BCUT2D eigenvalue weighted by Gasteiger charge is -2.05. The largest absolute Gasteiger partial charge is 0.461 e. The minimum absolute atomic E-state index is 0.132. The van der Waals surface area contributed by atoms with E-state index in [1.807, 2.05) is 0 Å². The molecule has 17 heavy (non-hydrogen) atoms. The summed E-state index contributed by atoms with van der Waals surface area (Å²) in [6.45, 7) is 5.27. The Balaban J connectivity index is 3.39. The summed E-state index contributed by atoms with van der Waals surface area (Å²) < 4.78 is 27.6. The minimum atomic E-state index is -4.02. The third-order valence-electron chi connectivity index (χ3n) is 2.08. The smallest absolute Gasteiger partial charge is 0.360 e. The number of H-pyrrole nitrogens is 1. The molecule has 0 amide bonds. The molecule has 7 nitrogen and oxygen atoms in total. The van der Waals surface area contributed by atoms with Crippen LogP contribution in [0.2, 0.25) is 0 Å². The monoisotopic (exact) mass is 261 g/mol. The van der Waals surface area contributed by atoms with E-state index in [-0.39, 0.29) is 23.1 Å². The lowest BCUT2D eigenvalue weighted by molar-refractivity contribution is 0.0515. The van der Waals surface area contributed by atoms with Gasteiger partial charge in [0.15, 0.2) is 5.69 Å². The molecule has 1 rings (SSSR count). The molecule has 3 N–H and O–H groups in total. The van der Waals surface area contributed by atoms with Gasteiger partial charge in [0.05, 0.1) is 12.3 Å². The number of ether oxygens (including phenoxy) is 1. The van der Waals surface area contributed by atoms with Crippen LogP contribution < -0.4 is 5.14 Å². The lowest BCUT2D eigenvalue weighted by Crippen LogP contribution is -2.18. The Morgan fingerprint density at radius 3 is 2.53 bits per heavy atom. The molecule has 1 heterocycles. The molecule has 0 aliphatic rings. The zero-order valence-corrected chi connectivity index (χ0v) is 10.7. The van der Waals surface area contributed by atoms with Crippen LogP contribution in [0.4, 0.5) is 0 Å². The Labute approximate surface area is 99.4 Å². The molecule has 96 valence electrons. The van der Waals surface area contributed by atoms with Crippen LogP contribution in [0.15, 0.2) is 4.90 Å². The van der Waals surface area contributed by atoms with Crippen molar-refractivity contribution in [1.29, 1.82) is 0 Å². The van der Waals surface area contributed by atoms with Crippen molar-refractivity contribution in [2.45, 2.75) is 31.6 Å². The van der Waals surface area contributed by atoms with Crippen molar-refractivity contribution in [2.75, 3.05) is 6.61 Å². The molecule has 0 radical (unpaired) electrons. The van der Waals surface area contributed by atoms with Crippen LogP contribution in [0, 0.1) is 0 Å². The van der Waals surface area contributed by atoms with Gasteiger partial charge in [0.1, 0.15) is 4.90 Å². The lowest BCUT2D eigenvalue weighted by atomic mass is 10.1. The normalized spacial score (nSPS) is 11.8. The third-order valence-corrected chi connectivity index (χ3v) is 3.06. The fourth-order valence-corrected chi connectivity index (χ4v) is 2.35. The van der Waals surface area contributed by atoms with E-state index in [1.54, 1.807) is 20.8 Å².